The molecule has 0 spiro atoms. The summed E-state index contributed by atoms with van der Waals surface area (Å²) in [5.41, 5.74) is -1.38. The summed E-state index contributed by atoms with van der Waals surface area (Å²) in [5.74, 6) is -5.14. The van der Waals surface area contributed by atoms with E-state index in [9.17, 15) is 41.9 Å². The molecule has 18 heteroatoms. The van der Waals surface area contributed by atoms with Gasteiger partial charge >= 0.3 is 6.09 Å². The zero-order valence-electron chi connectivity index (χ0n) is 32.2. The summed E-state index contributed by atoms with van der Waals surface area (Å²) in [4.78, 5) is 77.3. The number of likely N-dealkylation sites (tertiary alicyclic amines) is 1. The minimum atomic E-state index is -3.94. The lowest BCUT2D eigenvalue weighted by atomic mass is 9.93. The SMILES string of the molecule is CC(C)(C)COC(=O)N[C@H]1CCCCC/C=C\[C@@H]2C[C@]2(C(=O)NS(=O)(=O)C2CC2)NC(=O)[C@@H]2[C@H]3CN(C(=O)c4csc(-c5ccc(O)c(F)c5)n4)C[C@H]3CN2C1=O. The predicted molar refractivity (Wildman–Crippen MR) is 207 cm³/mol. The van der Waals surface area contributed by atoms with Crippen LogP contribution in [0.25, 0.3) is 10.6 Å². The van der Waals surface area contributed by atoms with Gasteiger partial charge in [0.15, 0.2) is 11.6 Å². The lowest BCUT2D eigenvalue weighted by molar-refractivity contribution is -0.142. The molecule has 7 rings (SSSR count). The molecule has 4 fully saturated rings. The molecule has 3 aliphatic heterocycles. The molecule has 6 atom stereocenters. The Morgan fingerprint density at radius 3 is 2.60 bits per heavy atom. The van der Waals surface area contributed by atoms with Crippen LogP contribution in [0.2, 0.25) is 0 Å². The molecule has 0 bridgehead atoms. The third-order valence-electron chi connectivity index (χ3n) is 11.3. The van der Waals surface area contributed by atoms with Crippen molar-refractivity contribution in [2.45, 2.75) is 95.0 Å². The summed E-state index contributed by atoms with van der Waals surface area (Å²) in [5, 5.41) is 16.5. The number of thiazole rings is 1. The van der Waals surface area contributed by atoms with Gasteiger partial charge in [0.05, 0.1) is 11.9 Å². The summed E-state index contributed by atoms with van der Waals surface area (Å²) in [6.45, 7) is 6.17. The van der Waals surface area contributed by atoms with Crippen LogP contribution in [0, 0.1) is 29.0 Å². The van der Waals surface area contributed by atoms with Crippen molar-refractivity contribution in [1.29, 1.82) is 0 Å². The topological polar surface area (TPSA) is 204 Å². The van der Waals surface area contributed by atoms with Gasteiger partial charge in [-0.3, -0.25) is 23.9 Å². The number of aromatic nitrogens is 1. The van der Waals surface area contributed by atoms with Crippen LogP contribution in [0.4, 0.5) is 9.18 Å². The molecule has 5 amide bonds. The number of hydrogen-bond acceptors (Lipinski definition) is 11. The number of rotatable bonds is 7. The molecule has 308 valence electrons. The largest absolute Gasteiger partial charge is 0.505 e. The van der Waals surface area contributed by atoms with E-state index in [1.54, 1.807) is 10.3 Å². The fraction of sp³-hybridized carbons (Fsp3) is 0.590. The van der Waals surface area contributed by atoms with Crippen molar-refractivity contribution in [3.05, 3.63) is 47.2 Å². The second-order valence-corrected chi connectivity index (χ2v) is 19.9. The van der Waals surface area contributed by atoms with Crippen LogP contribution in [0.3, 0.4) is 0 Å². The van der Waals surface area contributed by atoms with Crippen LogP contribution < -0.4 is 15.4 Å². The van der Waals surface area contributed by atoms with Gasteiger partial charge in [0.2, 0.25) is 21.8 Å². The average molecular weight is 829 g/mol. The van der Waals surface area contributed by atoms with E-state index in [4.69, 9.17) is 4.74 Å². The number of carbonyl (C=O) groups excluding carboxylic acids is 5. The van der Waals surface area contributed by atoms with E-state index in [-0.39, 0.29) is 49.7 Å². The molecule has 4 N–H and O–H groups in total. The van der Waals surface area contributed by atoms with Crippen LogP contribution in [0.15, 0.2) is 35.7 Å². The number of phenols is 1. The maximum absolute atomic E-state index is 14.6. The van der Waals surface area contributed by atoms with Crippen molar-refractivity contribution < 1.29 is 46.6 Å². The van der Waals surface area contributed by atoms with Gasteiger partial charge < -0.3 is 30.3 Å². The smallest absolute Gasteiger partial charge is 0.407 e. The van der Waals surface area contributed by atoms with Gasteiger partial charge in [-0.2, -0.15) is 0 Å². The minimum Gasteiger partial charge on any atom is -0.505 e. The maximum Gasteiger partial charge on any atom is 0.407 e. The number of nitrogens with zero attached hydrogens (tertiary/aromatic N) is 3. The van der Waals surface area contributed by atoms with Crippen LogP contribution >= 0.6 is 11.3 Å². The van der Waals surface area contributed by atoms with Gasteiger partial charge in [-0.25, -0.2) is 22.6 Å². The van der Waals surface area contributed by atoms with E-state index < -0.39 is 86.0 Å². The third-order valence-corrected chi connectivity index (χ3v) is 14.1. The van der Waals surface area contributed by atoms with Gasteiger partial charge in [0.25, 0.3) is 11.8 Å². The number of aromatic hydroxyl groups is 1. The first-order valence-electron chi connectivity index (χ1n) is 19.5. The Morgan fingerprint density at radius 1 is 1.11 bits per heavy atom. The molecular formula is C39H49FN6O9S2. The number of carbonyl (C=O) groups is 5. The molecule has 15 nitrogen and oxygen atoms in total. The van der Waals surface area contributed by atoms with Gasteiger partial charge in [-0.1, -0.05) is 45.8 Å². The van der Waals surface area contributed by atoms with Crippen molar-refractivity contribution in [2.24, 2.45) is 23.2 Å². The summed E-state index contributed by atoms with van der Waals surface area (Å²) in [6, 6.07) is 1.64. The van der Waals surface area contributed by atoms with Gasteiger partial charge in [-0.15, -0.1) is 11.3 Å². The Labute approximate surface area is 334 Å². The molecular weight excluding hydrogens is 780 g/mol. The van der Waals surface area contributed by atoms with Gasteiger partial charge in [0.1, 0.15) is 28.3 Å². The Bertz CT molecular complexity index is 2080. The molecule has 2 saturated heterocycles. The van der Waals surface area contributed by atoms with Crippen molar-refractivity contribution in [2.75, 3.05) is 26.2 Å². The summed E-state index contributed by atoms with van der Waals surface area (Å²) >= 11 is 1.13. The van der Waals surface area contributed by atoms with E-state index in [0.717, 1.165) is 30.2 Å². The van der Waals surface area contributed by atoms with Crippen LogP contribution in [0.5, 0.6) is 5.75 Å². The van der Waals surface area contributed by atoms with Crippen molar-refractivity contribution in [3.8, 4) is 16.3 Å². The highest BCUT2D eigenvalue weighted by molar-refractivity contribution is 7.91. The summed E-state index contributed by atoms with van der Waals surface area (Å²) in [7, 11) is -3.94. The Hall–Kier alpha value is -4.58. The maximum atomic E-state index is 14.6. The normalized spacial score (nSPS) is 28.5. The molecule has 0 radical (unpaired) electrons. The van der Waals surface area contributed by atoms with E-state index in [2.05, 4.69) is 20.3 Å². The molecule has 2 saturated carbocycles. The molecule has 1 aromatic heterocycles. The Morgan fingerprint density at radius 2 is 1.88 bits per heavy atom. The second-order valence-electron chi connectivity index (χ2n) is 17.1. The minimum absolute atomic E-state index is 0.0658. The number of alkyl carbamates (subject to hydrolysis) is 1. The first kappa shape index (κ1) is 40.6. The van der Waals surface area contributed by atoms with E-state index in [1.165, 1.54) is 17.0 Å². The number of benzene rings is 1. The monoisotopic (exact) mass is 828 g/mol. The van der Waals surface area contributed by atoms with E-state index in [0.29, 0.717) is 42.7 Å². The van der Waals surface area contributed by atoms with E-state index in [1.807, 2.05) is 32.9 Å². The number of hydrogen-bond donors (Lipinski definition) is 4. The molecule has 5 aliphatic rings. The highest BCUT2D eigenvalue weighted by Gasteiger charge is 2.63. The fourth-order valence-corrected chi connectivity index (χ4v) is 10.2. The number of nitrogens with one attached hydrogen (secondary N) is 3. The van der Waals surface area contributed by atoms with Crippen molar-refractivity contribution in [3.63, 3.8) is 0 Å². The fourth-order valence-electron chi connectivity index (χ4n) is 8.01. The van der Waals surface area contributed by atoms with Crippen molar-refractivity contribution >= 4 is 51.1 Å². The van der Waals surface area contributed by atoms with Crippen LogP contribution in [-0.4, -0.2) is 107 Å². The number of halogens is 1. The highest BCUT2D eigenvalue weighted by atomic mass is 32.2. The molecule has 4 heterocycles. The predicted octanol–water partition coefficient (Wildman–Crippen LogP) is 3.70. The summed E-state index contributed by atoms with van der Waals surface area (Å²) < 4.78 is 47.5. The Balaban J connectivity index is 1.16. The molecule has 2 aromatic rings. The number of phenolic OH excluding ortho intramolecular Hbond substituents is 1. The summed E-state index contributed by atoms with van der Waals surface area (Å²) in [6.07, 6.45) is 7.13. The quantitative estimate of drug-likeness (QED) is 0.298. The average Bonchev–Trinajstić information content (AvgIpc) is 3.97. The lowest BCUT2D eigenvalue weighted by Crippen LogP contribution is -2.60. The van der Waals surface area contributed by atoms with Crippen molar-refractivity contribution in [1.82, 2.24) is 30.1 Å². The van der Waals surface area contributed by atoms with Crippen LogP contribution in [0.1, 0.15) is 82.6 Å². The standard InChI is InChI=1S/C39H49FN6O9S2/c1-38(2,3)21-55-37(52)42-28-10-8-6-4-5-7-9-24-16-39(24,36(51)44-57(53,54)25-12-13-25)43-32(48)31-26-19-45(17-23(26)18-46(31)35(28)50)34(49)29-20-56-33(41-29)22-11-14-30(47)27(40)15-22/h7,9,11,14-15,20,23-26,28,31,47H,4-6,8,10,12-13,16-19,21H2,1-3H3,(H,42,52)(H,43,48)(H,44,51)/b9-7-/t23-,24+,26-,28-,31-,39-/m0/s1. The zero-order valence-corrected chi connectivity index (χ0v) is 33.8. The molecule has 1 aromatic carbocycles. The number of fused-ring (bicyclic) bond motifs is 4. The van der Waals surface area contributed by atoms with Gasteiger partial charge in [0, 0.05) is 48.3 Å². The Kier molecular flexibility index (Phi) is 11.1. The highest BCUT2D eigenvalue weighted by Crippen LogP contribution is 2.47. The second kappa shape index (κ2) is 15.6. The molecule has 2 aliphatic carbocycles. The number of ether oxygens (including phenoxy) is 1. The number of sulfonamides is 1. The number of allylic oxidation sites excluding steroid dienone is 1. The molecule has 0 unspecified atom stereocenters. The first-order valence-corrected chi connectivity index (χ1v) is 21.9. The van der Waals surface area contributed by atoms with Gasteiger partial charge in [-0.05, 0) is 62.1 Å². The van der Waals surface area contributed by atoms with Crippen LogP contribution in [-0.2, 0) is 29.1 Å². The lowest BCUT2D eigenvalue weighted by Gasteiger charge is -2.33. The number of amides is 5. The first-order chi connectivity index (χ1) is 27.0. The zero-order chi connectivity index (χ0) is 40.9. The third kappa shape index (κ3) is 8.81. The molecule has 57 heavy (non-hydrogen) atoms. The van der Waals surface area contributed by atoms with E-state index >= 15 is 0 Å².